The van der Waals surface area contributed by atoms with Crippen molar-refractivity contribution in [1.82, 2.24) is 0 Å². The highest BCUT2D eigenvalue weighted by molar-refractivity contribution is 6.11. The van der Waals surface area contributed by atoms with Gasteiger partial charge in [0.2, 0.25) is 0 Å². The van der Waals surface area contributed by atoms with Gasteiger partial charge in [0.25, 0.3) is 0 Å². The quantitative estimate of drug-likeness (QED) is 0.357. The highest BCUT2D eigenvalue weighted by atomic mass is 16.5. The van der Waals surface area contributed by atoms with Crippen molar-refractivity contribution in [3.05, 3.63) is 58.7 Å². The summed E-state index contributed by atoms with van der Waals surface area (Å²) in [5.41, 5.74) is 0.948. The lowest BCUT2D eigenvalue weighted by molar-refractivity contribution is -0.143. The Balaban J connectivity index is 2.59. The molecule has 0 aliphatic heterocycles. The molecular weight excluding hydrogens is 388 g/mol. The number of benzene rings is 2. The van der Waals surface area contributed by atoms with E-state index in [1.807, 2.05) is 6.92 Å². The molecule has 0 fully saturated rings. The fourth-order valence-electron chi connectivity index (χ4n) is 2.78. The number of ether oxygens (including phenoxy) is 3. The SMILES string of the molecule is CCCCOc1c(COC(C)=O)cc(C(=O)c2ccccc2)c(O)c1COC(C)=O. The average Bonchev–Trinajstić information content (AvgIpc) is 2.72. The molecule has 1 N–H and O–H groups in total. The Morgan fingerprint density at radius 1 is 0.967 bits per heavy atom. The van der Waals surface area contributed by atoms with Crippen molar-refractivity contribution in [2.75, 3.05) is 6.61 Å². The third-order valence-corrected chi connectivity index (χ3v) is 4.30. The van der Waals surface area contributed by atoms with E-state index in [-0.39, 0.29) is 35.8 Å². The first kappa shape index (κ1) is 22.9. The molecule has 0 radical (unpaired) electrons. The molecule has 2 aromatic carbocycles. The van der Waals surface area contributed by atoms with Gasteiger partial charge in [-0.05, 0) is 12.5 Å². The first-order chi connectivity index (χ1) is 14.3. The Labute approximate surface area is 175 Å². The van der Waals surface area contributed by atoms with Crippen LogP contribution in [0.25, 0.3) is 0 Å². The highest BCUT2D eigenvalue weighted by Gasteiger charge is 2.25. The lowest BCUT2D eigenvalue weighted by Gasteiger charge is -2.19. The number of unbranched alkanes of at least 4 members (excludes halogenated alkanes) is 1. The van der Waals surface area contributed by atoms with Crippen LogP contribution in [-0.4, -0.2) is 29.4 Å². The van der Waals surface area contributed by atoms with E-state index < -0.39 is 17.7 Å². The summed E-state index contributed by atoms with van der Waals surface area (Å²) in [7, 11) is 0. The van der Waals surface area contributed by atoms with Gasteiger partial charge in [-0.15, -0.1) is 0 Å². The van der Waals surface area contributed by atoms with Crippen molar-refractivity contribution < 1.29 is 33.7 Å². The number of esters is 2. The summed E-state index contributed by atoms with van der Waals surface area (Å²) in [5, 5.41) is 10.9. The average molecular weight is 414 g/mol. The van der Waals surface area contributed by atoms with Crippen LogP contribution < -0.4 is 4.74 Å². The molecule has 0 aliphatic carbocycles. The Hall–Kier alpha value is -3.35. The third-order valence-electron chi connectivity index (χ3n) is 4.30. The van der Waals surface area contributed by atoms with Gasteiger partial charge in [0.1, 0.15) is 24.7 Å². The summed E-state index contributed by atoms with van der Waals surface area (Å²) in [5.74, 6) is -1.55. The van der Waals surface area contributed by atoms with Gasteiger partial charge >= 0.3 is 11.9 Å². The van der Waals surface area contributed by atoms with Crippen LogP contribution >= 0.6 is 0 Å². The zero-order chi connectivity index (χ0) is 22.1. The molecule has 7 nitrogen and oxygen atoms in total. The second kappa shape index (κ2) is 11.0. The number of hydrogen-bond acceptors (Lipinski definition) is 7. The van der Waals surface area contributed by atoms with Crippen molar-refractivity contribution in [1.29, 1.82) is 0 Å². The summed E-state index contributed by atoms with van der Waals surface area (Å²) in [6.07, 6.45) is 1.64. The van der Waals surface area contributed by atoms with Crippen molar-refractivity contribution in [2.24, 2.45) is 0 Å². The summed E-state index contributed by atoms with van der Waals surface area (Å²) < 4.78 is 16.0. The van der Waals surface area contributed by atoms with Gasteiger partial charge in [-0.2, -0.15) is 0 Å². The minimum Gasteiger partial charge on any atom is -0.507 e. The van der Waals surface area contributed by atoms with Crippen molar-refractivity contribution in [3.8, 4) is 11.5 Å². The molecule has 0 unspecified atom stereocenters. The van der Waals surface area contributed by atoms with Crippen LogP contribution in [0.5, 0.6) is 11.5 Å². The zero-order valence-electron chi connectivity index (χ0n) is 17.4. The second-order valence-electron chi connectivity index (χ2n) is 6.70. The number of rotatable bonds is 10. The molecule has 0 aromatic heterocycles. The van der Waals surface area contributed by atoms with Gasteiger partial charge in [-0.3, -0.25) is 14.4 Å². The molecule has 0 amide bonds. The normalized spacial score (nSPS) is 10.4. The molecule has 0 saturated heterocycles. The maximum absolute atomic E-state index is 13.0. The molecule has 2 aromatic rings. The number of aromatic hydroxyl groups is 1. The topological polar surface area (TPSA) is 99.1 Å². The van der Waals surface area contributed by atoms with Gasteiger partial charge in [-0.1, -0.05) is 43.7 Å². The number of hydrogen-bond donors (Lipinski definition) is 1. The molecule has 0 heterocycles. The van der Waals surface area contributed by atoms with Gasteiger partial charge in [0.15, 0.2) is 5.78 Å². The zero-order valence-corrected chi connectivity index (χ0v) is 17.4. The molecule has 0 aliphatic rings. The molecule has 7 heteroatoms. The summed E-state index contributed by atoms with van der Waals surface area (Å²) in [6, 6.07) is 9.92. The predicted octanol–water partition coefficient (Wildman–Crippen LogP) is 3.93. The first-order valence-electron chi connectivity index (χ1n) is 9.72. The van der Waals surface area contributed by atoms with Crippen LogP contribution in [0.1, 0.15) is 60.7 Å². The Kier molecular flexibility index (Phi) is 8.41. The van der Waals surface area contributed by atoms with E-state index in [4.69, 9.17) is 14.2 Å². The summed E-state index contributed by atoms with van der Waals surface area (Å²) >= 11 is 0. The van der Waals surface area contributed by atoms with E-state index in [0.29, 0.717) is 17.7 Å². The largest absolute Gasteiger partial charge is 0.507 e. The smallest absolute Gasteiger partial charge is 0.302 e. The van der Waals surface area contributed by atoms with E-state index in [1.165, 1.54) is 19.9 Å². The summed E-state index contributed by atoms with van der Waals surface area (Å²) in [4.78, 5) is 35.7. The number of phenolic OH excluding ortho intramolecular Hbond substituents is 1. The van der Waals surface area contributed by atoms with E-state index in [1.54, 1.807) is 30.3 Å². The van der Waals surface area contributed by atoms with Gasteiger partial charge < -0.3 is 19.3 Å². The van der Waals surface area contributed by atoms with E-state index in [2.05, 4.69) is 0 Å². The van der Waals surface area contributed by atoms with Crippen molar-refractivity contribution >= 4 is 17.7 Å². The Bertz CT molecular complexity index is 904. The van der Waals surface area contributed by atoms with Crippen LogP contribution in [0, 0.1) is 0 Å². The van der Waals surface area contributed by atoms with E-state index in [9.17, 15) is 19.5 Å². The third kappa shape index (κ3) is 6.07. The van der Waals surface area contributed by atoms with Gasteiger partial charge in [-0.25, -0.2) is 0 Å². The minimum atomic E-state index is -0.546. The van der Waals surface area contributed by atoms with E-state index >= 15 is 0 Å². The van der Waals surface area contributed by atoms with Gasteiger partial charge in [0, 0.05) is 25.0 Å². The maximum Gasteiger partial charge on any atom is 0.302 e. The molecule has 0 atom stereocenters. The molecule has 160 valence electrons. The Morgan fingerprint density at radius 2 is 1.60 bits per heavy atom. The van der Waals surface area contributed by atoms with Crippen LogP contribution in [0.4, 0.5) is 0 Å². The van der Waals surface area contributed by atoms with Gasteiger partial charge in [0.05, 0.1) is 17.7 Å². The summed E-state index contributed by atoms with van der Waals surface area (Å²) in [6.45, 7) is 4.43. The monoisotopic (exact) mass is 414 g/mol. The lowest BCUT2D eigenvalue weighted by Crippen LogP contribution is -2.12. The Morgan fingerprint density at radius 3 is 2.20 bits per heavy atom. The van der Waals surface area contributed by atoms with Crippen LogP contribution in [0.3, 0.4) is 0 Å². The number of carbonyl (C=O) groups excluding carboxylic acids is 3. The maximum atomic E-state index is 13.0. The second-order valence-corrected chi connectivity index (χ2v) is 6.70. The number of carbonyl (C=O) groups is 3. The molecule has 0 spiro atoms. The lowest BCUT2D eigenvalue weighted by atomic mass is 9.96. The fourth-order valence-corrected chi connectivity index (χ4v) is 2.78. The number of phenols is 1. The van der Waals surface area contributed by atoms with Crippen LogP contribution in [0.15, 0.2) is 36.4 Å². The molecule has 30 heavy (non-hydrogen) atoms. The fraction of sp³-hybridized carbons (Fsp3) is 0.348. The standard InChI is InChI=1S/C23H26O7/c1-4-5-11-28-23-18(13-29-15(2)24)12-19(21(26)17-9-7-6-8-10-17)22(27)20(23)14-30-16(3)25/h6-10,12,27H,4-5,11,13-14H2,1-3H3. The first-order valence-corrected chi connectivity index (χ1v) is 9.72. The molecule has 2 rings (SSSR count). The number of ketones is 1. The predicted molar refractivity (Wildman–Crippen MR) is 109 cm³/mol. The molecule has 0 bridgehead atoms. The van der Waals surface area contributed by atoms with E-state index in [0.717, 1.165) is 12.8 Å². The highest BCUT2D eigenvalue weighted by Crippen LogP contribution is 2.37. The van der Waals surface area contributed by atoms with Crippen molar-refractivity contribution in [2.45, 2.75) is 46.8 Å². The van der Waals surface area contributed by atoms with Crippen LogP contribution in [0.2, 0.25) is 0 Å². The van der Waals surface area contributed by atoms with Crippen molar-refractivity contribution in [3.63, 3.8) is 0 Å². The molecular formula is C23H26O7. The minimum absolute atomic E-state index is 0.00773. The molecule has 0 saturated carbocycles. The van der Waals surface area contributed by atoms with Crippen LogP contribution in [-0.2, 0) is 32.3 Å².